The molecule has 0 saturated heterocycles. The fourth-order valence-electron chi connectivity index (χ4n) is 3.64. The Morgan fingerprint density at radius 1 is 1.27 bits per heavy atom. The molecule has 4 rings (SSSR count). The Balaban J connectivity index is 1.71. The molecule has 8 nitrogen and oxygen atoms in total. The van der Waals surface area contributed by atoms with E-state index in [1.54, 1.807) is 7.11 Å². The van der Waals surface area contributed by atoms with Gasteiger partial charge in [0.1, 0.15) is 11.6 Å². The van der Waals surface area contributed by atoms with Crippen molar-refractivity contribution in [3.8, 4) is 0 Å². The molecule has 1 aliphatic rings. The maximum Gasteiger partial charge on any atom is 0.163 e. The van der Waals surface area contributed by atoms with Crippen LogP contribution in [0.4, 0.5) is 11.6 Å². The van der Waals surface area contributed by atoms with Gasteiger partial charge in [0.15, 0.2) is 11.5 Å². The Hall–Kier alpha value is -2.48. The maximum atomic E-state index is 5.50. The molecule has 0 atom stereocenters. The van der Waals surface area contributed by atoms with E-state index in [-0.39, 0.29) is 0 Å². The van der Waals surface area contributed by atoms with Crippen molar-refractivity contribution in [2.45, 2.75) is 58.1 Å². The van der Waals surface area contributed by atoms with Gasteiger partial charge in [-0.05, 0) is 39.5 Å². The molecule has 0 amide bonds. The van der Waals surface area contributed by atoms with Crippen molar-refractivity contribution in [2.75, 3.05) is 12.4 Å². The molecule has 0 aliphatic heterocycles. The largest absolute Gasteiger partial charge is 0.381 e. The van der Waals surface area contributed by atoms with Gasteiger partial charge in [-0.1, -0.05) is 0 Å². The molecule has 1 fully saturated rings. The number of aromatic nitrogens is 6. The van der Waals surface area contributed by atoms with E-state index in [2.05, 4.69) is 27.5 Å². The molecule has 0 spiro atoms. The standard InChI is InChI=1S/C18H25N7O/c1-4-25-18-14(10-19-25)17(20-15-9-11(2)23-24-15)21-16(22-18)12-5-7-13(26-3)8-6-12/h9-10,12-13H,4-8H2,1-3H3,(H2,20,21,22,23,24)/t12-,13+. The number of rotatable bonds is 5. The highest BCUT2D eigenvalue weighted by Crippen LogP contribution is 2.34. The second-order valence-corrected chi connectivity index (χ2v) is 6.90. The van der Waals surface area contributed by atoms with Gasteiger partial charge in [0.25, 0.3) is 0 Å². The van der Waals surface area contributed by atoms with Crippen LogP contribution >= 0.6 is 0 Å². The van der Waals surface area contributed by atoms with Gasteiger partial charge in [0.2, 0.25) is 0 Å². The first kappa shape index (κ1) is 17.0. The monoisotopic (exact) mass is 355 g/mol. The molecule has 3 aromatic rings. The molecule has 1 saturated carbocycles. The smallest absolute Gasteiger partial charge is 0.163 e. The third-order valence-corrected chi connectivity index (χ3v) is 5.14. The number of methoxy groups -OCH3 is 1. The first-order valence-corrected chi connectivity index (χ1v) is 9.23. The lowest BCUT2D eigenvalue weighted by Gasteiger charge is -2.26. The number of H-pyrrole nitrogens is 1. The summed E-state index contributed by atoms with van der Waals surface area (Å²) in [5.41, 5.74) is 1.88. The van der Waals surface area contributed by atoms with Crippen molar-refractivity contribution in [2.24, 2.45) is 0 Å². The summed E-state index contributed by atoms with van der Waals surface area (Å²) >= 11 is 0. The molecule has 138 valence electrons. The molecule has 0 aromatic carbocycles. The second-order valence-electron chi connectivity index (χ2n) is 6.90. The predicted octanol–water partition coefficient (Wildman–Crippen LogP) is 3.29. The zero-order valence-corrected chi connectivity index (χ0v) is 15.5. The number of hydrogen-bond acceptors (Lipinski definition) is 6. The zero-order chi connectivity index (χ0) is 18.1. The predicted molar refractivity (Wildman–Crippen MR) is 99.6 cm³/mol. The Kier molecular flexibility index (Phi) is 4.58. The average Bonchev–Trinajstić information content (AvgIpc) is 3.27. The summed E-state index contributed by atoms with van der Waals surface area (Å²) in [5.74, 6) is 2.76. The fraction of sp³-hybridized carbons (Fsp3) is 0.556. The van der Waals surface area contributed by atoms with E-state index in [1.807, 2.05) is 23.9 Å². The number of anilines is 2. The first-order chi connectivity index (χ1) is 12.7. The number of nitrogens with one attached hydrogen (secondary N) is 2. The average molecular weight is 355 g/mol. The summed E-state index contributed by atoms with van der Waals surface area (Å²) in [6.45, 7) is 4.82. The molecular weight excluding hydrogens is 330 g/mol. The highest BCUT2D eigenvalue weighted by Gasteiger charge is 2.26. The minimum Gasteiger partial charge on any atom is -0.381 e. The van der Waals surface area contributed by atoms with E-state index in [1.165, 1.54) is 0 Å². The van der Waals surface area contributed by atoms with Crippen LogP contribution in [0, 0.1) is 6.92 Å². The summed E-state index contributed by atoms with van der Waals surface area (Å²) in [5, 5.41) is 15.9. The van der Waals surface area contributed by atoms with E-state index in [0.717, 1.165) is 66.4 Å². The van der Waals surface area contributed by atoms with E-state index in [9.17, 15) is 0 Å². The normalized spacial score (nSPS) is 20.6. The summed E-state index contributed by atoms with van der Waals surface area (Å²) in [6, 6.07) is 1.96. The van der Waals surface area contributed by atoms with E-state index < -0.39 is 0 Å². The third kappa shape index (κ3) is 3.16. The zero-order valence-electron chi connectivity index (χ0n) is 15.5. The van der Waals surface area contributed by atoms with Crippen LogP contribution in [0.3, 0.4) is 0 Å². The summed E-state index contributed by atoms with van der Waals surface area (Å²) < 4.78 is 7.41. The molecule has 26 heavy (non-hydrogen) atoms. The van der Waals surface area contributed by atoms with Gasteiger partial charge in [0.05, 0.1) is 17.7 Å². The Labute approximate surface area is 152 Å². The molecule has 0 radical (unpaired) electrons. The number of ether oxygens (including phenoxy) is 1. The van der Waals surface area contributed by atoms with Gasteiger partial charge in [-0.2, -0.15) is 10.2 Å². The quantitative estimate of drug-likeness (QED) is 0.729. The lowest BCUT2D eigenvalue weighted by Crippen LogP contribution is -2.21. The van der Waals surface area contributed by atoms with Crippen molar-refractivity contribution in [3.63, 3.8) is 0 Å². The first-order valence-electron chi connectivity index (χ1n) is 9.23. The maximum absolute atomic E-state index is 5.50. The Bertz CT molecular complexity index is 892. The SMILES string of the molecule is CCn1ncc2c(Nc3cc(C)[nH]n3)nc([C@H]3CC[C@@H](OC)CC3)nc21. The molecule has 8 heteroatoms. The summed E-state index contributed by atoms with van der Waals surface area (Å²) in [7, 11) is 1.79. The number of aryl methyl sites for hydroxylation is 2. The summed E-state index contributed by atoms with van der Waals surface area (Å²) in [4.78, 5) is 9.73. The molecule has 1 aliphatic carbocycles. The Morgan fingerprint density at radius 2 is 2.08 bits per heavy atom. The lowest BCUT2D eigenvalue weighted by atomic mass is 9.87. The van der Waals surface area contributed by atoms with Crippen LogP contribution in [-0.4, -0.2) is 43.2 Å². The minimum atomic E-state index is 0.354. The van der Waals surface area contributed by atoms with Crippen molar-refractivity contribution in [1.29, 1.82) is 0 Å². The van der Waals surface area contributed by atoms with E-state index in [0.29, 0.717) is 12.0 Å². The van der Waals surface area contributed by atoms with Crippen LogP contribution in [0.2, 0.25) is 0 Å². The van der Waals surface area contributed by atoms with Crippen LogP contribution in [0.5, 0.6) is 0 Å². The van der Waals surface area contributed by atoms with Crippen LogP contribution in [0.15, 0.2) is 12.3 Å². The fourth-order valence-corrected chi connectivity index (χ4v) is 3.64. The number of aromatic amines is 1. The van der Waals surface area contributed by atoms with Crippen LogP contribution in [-0.2, 0) is 11.3 Å². The number of hydrogen-bond donors (Lipinski definition) is 2. The van der Waals surface area contributed by atoms with Crippen LogP contribution < -0.4 is 5.32 Å². The van der Waals surface area contributed by atoms with Gasteiger partial charge < -0.3 is 10.1 Å². The highest BCUT2D eigenvalue weighted by molar-refractivity contribution is 5.88. The van der Waals surface area contributed by atoms with E-state index >= 15 is 0 Å². The lowest BCUT2D eigenvalue weighted by molar-refractivity contribution is 0.0651. The van der Waals surface area contributed by atoms with Crippen molar-refractivity contribution in [1.82, 2.24) is 29.9 Å². The topological polar surface area (TPSA) is 93.5 Å². The van der Waals surface area contributed by atoms with Crippen molar-refractivity contribution in [3.05, 3.63) is 23.8 Å². The van der Waals surface area contributed by atoms with Gasteiger partial charge in [-0.25, -0.2) is 14.6 Å². The van der Waals surface area contributed by atoms with E-state index in [4.69, 9.17) is 14.7 Å². The number of nitrogens with zero attached hydrogens (tertiary/aromatic N) is 5. The second kappa shape index (κ2) is 7.03. The molecule has 3 heterocycles. The minimum absolute atomic E-state index is 0.354. The molecular formula is C18H25N7O. The highest BCUT2D eigenvalue weighted by atomic mass is 16.5. The molecule has 0 bridgehead atoms. The van der Waals surface area contributed by atoms with Gasteiger partial charge >= 0.3 is 0 Å². The van der Waals surface area contributed by atoms with Gasteiger partial charge in [-0.3, -0.25) is 5.10 Å². The molecule has 3 aromatic heterocycles. The molecule has 0 unspecified atom stereocenters. The van der Waals surface area contributed by atoms with Crippen molar-refractivity contribution >= 4 is 22.7 Å². The number of fused-ring (bicyclic) bond motifs is 1. The molecule has 2 N–H and O–H groups in total. The van der Waals surface area contributed by atoms with Gasteiger partial charge in [0, 0.05) is 31.3 Å². The third-order valence-electron chi connectivity index (χ3n) is 5.14. The van der Waals surface area contributed by atoms with Crippen LogP contribution in [0.1, 0.15) is 50.0 Å². The van der Waals surface area contributed by atoms with Gasteiger partial charge in [-0.15, -0.1) is 0 Å². The van der Waals surface area contributed by atoms with Crippen molar-refractivity contribution < 1.29 is 4.74 Å². The van der Waals surface area contributed by atoms with Crippen LogP contribution in [0.25, 0.3) is 11.0 Å². The summed E-state index contributed by atoms with van der Waals surface area (Å²) in [6.07, 6.45) is 6.39. The Morgan fingerprint density at radius 3 is 2.73 bits per heavy atom.